The van der Waals surface area contributed by atoms with Gasteiger partial charge in [-0.1, -0.05) is 6.08 Å². The molecule has 0 unspecified atom stereocenters. The summed E-state index contributed by atoms with van der Waals surface area (Å²) in [7, 11) is 2.96. The fourth-order valence-corrected chi connectivity index (χ4v) is 2.10. The van der Waals surface area contributed by atoms with E-state index in [0.717, 1.165) is 4.57 Å². The average Bonchev–Trinajstić information content (AvgIpc) is 2.74. The van der Waals surface area contributed by atoms with Gasteiger partial charge >= 0.3 is 5.69 Å². The van der Waals surface area contributed by atoms with Crippen LogP contribution in [-0.4, -0.2) is 23.8 Å². The fraction of sp³-hybridized carbons (Fsp3) is 0.417. The highest BCUT2D eigenvalue weighted by Gasteiger charge is 2.20. The third-order valence-corrected chi connectivity index (χ3v) is 3.06. The van der Waals surface area contributed by atoms with Crippen molar-refractivity contribution in [2.45, 2.75) is 19.6 Å². The lowest BCUT2D eigenvalue weighted by Gasteiger charge is -2.08. The quantitative estimate of drug-likeness (QED) is 0.770. The molecule has 2 aromatic rings. The van der Waals surface area contributed by atoms with Crippen LogP contribution in [0.1, 0.15) is 18.9 Å². The molecule has 7 nitrogen and oxygen atoms in total. The molecule has 0 amide bonds. The molecule has 19 heavy (non-hydrogen) atoms. The van der Waals surface area contributed by atoms with E-state index in [9.17, 15) is 14.7 Å². The number of aliphatic hydroxyl groups excluding tert-OH is 1. The Morgan fingerprint density at radius 1 is 1.37 bits per heavy atom. The van der Waals surface area contributed by atoms with E-state index in [1.807, 2.05) is 0 Å². The largest absolute Gasteiger partial charge is 0.385 e. The van der Waals surface area contributed by atoms with Gasteiger partial charge in [-0.3, -0.25) is 13.9 Å². The Morgan fingerprint density at radius 3 is 2.53 bits per heavy atom. The molecule has 0 saturated carbocycles. The van der Waals surface area contributed by atoms with Gasteiger partial charge in [0.15, 0.2) is 11.2 Å². The molecule has 0 spiro atoms. The van der Waals surface area contributed by atoms with Gasteiger partial charge in [-0.2, -0.15) is 0 Å². The summed E-state index contributed by atoms with van der Waals surface area (Å²) in [5.41, 5.74) is -0.316. The first-order chi connectivity index (χ1) is 8.90. The predicted molar refractivity (Wildman–Crippen MR) is 71.0 cm³/mol. The Balaban J connectivity index is 3.05. The van der Waals surface area contributed by atoms with E-state index in [0.29, 0.717) is 17.9 Å². The Bertz CT molecular complexity index is 764. The van der Waals surface area contributed by atoms with Crippen LogP contribution >= 0.6 is 0 Å². The van der Waals surface area contributed by atoms with Crippen LogP contribution in [0.25, 0.3) is 11.2 Å². The summed E-state index contributed by atoms with van der Waals surface area (Å²) in [5.74, 6) is 0.341. The van der Waals surface area contributed by atoms with Crippen LogP contribution in [-0.2, 0) is 20.6 Å². The van der Waals surface area contributed by atoms with Gasteiger partial charge < -0.3 is 9.67 Å². The second-order valence-electron chi connectivity index (χ2n) is 4.42. The van der Waals surface area contributed by atoms with Crippen molar-refractivity contribution >= 4 is 11.2 Å². The summed E-state index contributed by atoms with van der Waals surface area (Å²) in [6, 6.07) is 0. The number of rotatable bonds is 3. The molecule has 2 aromatic heterocycles. The van der Waals surface area contributed by atoms with E-state index >= 15 is 0 Å². The number of imidazole rings is 1. The van der Waals surface area contributed by atoms with E-state index in [2.05, 4.69) is 11.6 Å². The van der Waals surface area contributed by atoms with Crippen molar-refractivity contribution in [3.63, 3.8) is 0 Å². The van der Waals surface area contributed by atoms with E-state index in [1.54, 1.807) is 24.6 Å². The van der Waals surface area contributed by atoms with Crippen molar-refractivity contribution in [3.8, 4) is 0 Å². The third-order valence-electron chi connectivity index (χ3n) is 3.06. The second kappa shape index (κ2) is 4.51. The average molecular weight is 264 g/mol. The minimum Gasteiger partial charge on any atom is -0.385 e. The Hall–Kier alpha value is -2.15. The van der Waals surface area contributed by atoms with Gasteiger partial charge in [0, 0.05) is 20.6 Å². The Labute approximate surface area is 109 Å². The zero-order valence-electron chi connectivity index (χ0n) is 11.1. The van der Waals surface area contributed by atoms with E-state index < -0.39 is 17.4 Å². The molecule has 0 bridgehead atoms. The summed E-state index contributed by atoms with van der Waals surface area (Å²) in [5, 5.41) is 9.74. The molecule has 0 fully saturated rings. The number of nitrogens with zero attached hydrogens (tertiary/aromatic N) is 4. The molecule has 0 saturated heterocycles. The maximum atomic E-state index is 12.2. The van der Waals surface area contributed by atoms with Gasteiger partial charge in [-0.15, -0.1) is 6.58 Å². The number of hydrogen-bond acceptors (Lipinski definition) is 4. The molecule has 7 heteroatoms. The van der Waals surface area contributed by atoms with Crippen molar-refractivity contribution in [3.05, 3.63) is 39.3 Å². The number of aliphatic hydroxyl groups is 1. The summed E-state index contributed by atoms with van der Waals surface area (Å²) in [4.78, 5) is 28.3. The van der Waals surface area contributed by atoms with E-state index in [4.69, 9.17) is 0 Å². The van der Waals surface area contributed by atoms with Crippen molar-refractivity contribution in [2.24, 2.45) is 14.1 Å². The molecule has 0 radical (unpaired) electrons. The highest BCUT2D eigenvalue weighted by molar-refractivity contribution is 5.71. The topological polar surface area (TPSA) is 82.1 Å². The number of aromatic nitrogens is 4. The zero-order chi connectivity index (χ0) is 14.3. The van der Waals surface area contributed by atoms with E-state index in [1.165, 1.54) is 11.6 Å². The molecule has 0 aliphatic carbocycles. The zero-order valence-corrected chi connectivity index (χ0v) is 11.1. The summed E-state index contributed by atoms with van der Waals surface area (Å²) in [6.45, 7) is 5.52. The molecule has 1 atom stereocenters. The van der Waals surface area contributed by atoms with Crippen molar-refractivity contribution < 1.29 is 5.11 Å². The van der Waals surface area contributed by atoms with Gasteiger partial charge in [-0.05, 0) is 6.92 Å². The Kier molecular flexibility index (Phi) is 3.15. The van der Waals surface area contributed by atoms with Crippen molar-refractivity contribution in [1.29, 1.82) is 0 Å². The predicted octanol–water partition coefficient (Wildman–Crippen LogP) is -0.327. The lowest BCUT2D eigenvalue weighted by molar-refractivity contribution is 0.185. The van der Waals surface area contributed by atoms with Crippen LogP contribution in [0.3, 0.4) is 0 Å². The van der Waals surface area contributed by atoms with Crippen molar-refractivity contribution in [2.75, 3.05) is 0 Å². The molecule has 0 aliphatic rings. The minimum atomic E-state index is -0.841. The number of hydrogen-bond donors (Lipinski definition) is 1. The van der Waals surface area contributed by atoms with Gasteiger partial charge in [0.05, 0.1) is 0 Å². The maximum Gasteiger partial charge on any atom is 0.332 e. The molecule has 2 rings (SSSR count). The monoisotopic (exact) mass is 264 g/mol. The Morgan fingerprint density at radius 2 is 2.00 bits per heavy atom. The summed E-state index contributed by atoms with van der Waals surface area (Å²) < 4.78 is 3.90. The second-order valence-corrected chi connectivity index (χ2v) is 4.42. The van der Waals surface area contributed by atoms with Crippen LogP contribution in [0.4, 0.5) is 0 Å². The standard InChI is InChI=1S/C12H16N4O3/c1-5-6-16-8-10(13-9(16)7(2)17)14(3)12(19)15(4)11(8)18/h5,7,17H,1,6H2,2-4H3/t7-/m0/s1. The maximum absolute atomic E-state index is 12.2. The van der Waals surface area contributed by atoms with Crippen LogP contribution in [0.2, 0.25) is 0 Å². The van der Waals surface area contributed by atoms with E-state index in [-0.39, 0.29) is 5.65 Å². The van der Waals surface area contributed by atoms with Gasteiger partial charge in [0.2, 0.25) is 0 Å². The molecule has 2 heterocycles. The number of aryl methyl sites for hydroxylation is 1. The smallest absolute Gasteiger partial charge is 0.332 e. The summed E-state index contributed by atoms with van der Waals surface area (Å²) >= 11 is 0. The van der Waals surface area contributed by atoms with Crippen LogP contribution in [0.5, 0.6) is 0 Å². The first kappa shape index (κ1) is 13.3. The van der Waals surface area contributed by atoms with Crippen LogP contribution in [0.15, 0.2) is 22.2 Å². The third kappa shape index (κ3) is 1.82. The van der Waals surface area contributed by atoms with Gasteiger partial charge in [-0.25, -0.2) is 9.78 Å². The number of allylic oxidation sites excluding steroid dienone is 1. The fourth-order valence-electron chi connectivity index (χ4n) is 2.10. The lowest BCUT2D eigenvalue weighted by atomic mass is 10.4. The molecule has 1 N–H and O–H groups in total. The molecule has 0 aromatic carbocycles. The first-order valence-corrected chi connectivity index (χ1v) is 5.85. The summed E-state index contributed by atoms with van der Waals surface area (Å²) in [6.07, 6.45) is 0.768. The van der Waals surface area contributed by atoms with Crippen molar-refractivity contribution in [1.82, 2.24) is 18.7 Å². The van der Waals surface area contributed by atoms with Crippen LogP contribution < -0.4 is 11.2 Å². The molecular formula is C12H16N4O3. The molecular weight excluding hydrogens is 248 g/mol. The van der Waals surface area contributed by atoms with Crippen LogP contribution in [0, 0.1) is 0 Å². The number of fused-ring (bicyclic) bond motifs is 1. The first-order valence-electron chi connectivity index (χ1n) is 5.85. The minimum absolute atomic E-state index is 0.269. The highest BCUT2D eigenvalue weighted by atomic mass is 16.3. The molecule has 0 aliphatic heterocycles. The normalized spacial score (nSPS) is 12.8. The SMILES string of the molecule is C=CCn1c([C@H](C)O)nc2c1c(=O)n(C)c(=O)n2C. The highest BCUT2D eigenvalue weighted by Crippen LogP contribution is 2.17. The lowest BCUT2D eigenvalue weighted by Crippen LogP contribution is -2.37. The molecule has 102 valence electrons. The van der Waals surface area contributed by atoms with Gasteiger partial charge in [0.1, 0.15) is 11.9 Å². The van der Waals surface area contributed by atoms with Gasteiger partial charge in [0.25, 0.3) is 5.56 Å².